The maximum Gasteiger partial charge on any atom is 0.246 e. The van der Waals surface area contributed by atoms with Crippen molar-refractivity contribution in [3.8, 4) is 17.0 Å². The standard InChI is InChI=1S/C20H28N2O2/c1-8-17(23)22-10-9-16(21-22)13-11-14(19(2,3)4)18(24)15(12-13)20(5,6)7/h9-12,24H,8H2,1-7H3. The molecule has 4 heteroatoms. The van der Waals surface area contributed by atoms with Crippen LogP contribution >= 0.6 is 0 Å². The topological polar surface area (TPSA) is 55.1 Å². The Hall–Kier alpha value is -2.10. The highest BCUT2D eigenvalue weighted by Gasteiger charge is 2.27. The van der Waals surface area contributed by atoms with Gasteiger partial charge in [0.05, 0.1) is 5.69 Å². The van der Waals surface area contributed by atoms with Crippen molar-refractivity contribution in [1.29, 1.82) is 0 Å². The van der Waals surface area contributed by atoms with Crippen molar-refractivity contribution in [2.24, 2.45) is 0 Å². The molecule has 0 bridgehead atoms. The fourth-order valence-electron chi connectivity index (χ4n) is 2.70. The molecule has 0 fully saturated rings. The van der Waals surface area contributed by atoms with Crippen LogP contribution in [0.4, 0.5) is 0 Å². The van der Waals surface area contributed by atoms with Crippen LogP contribution in [0.1, 0.15) is 70.8 Å². The van der Waals surface area contributed by atoms with Crippen molar-refractivity contribution < 1.29 is 9.90 Å². The number of carbonyl (C=O) groups excluding carboxylic acids is 1. The first-order chi connectivity index (χ1) is 10.9. The predicted octanol–water partition coefficient (Wildman–Crippen LogP) is 4.90. The van der Waals surface area contributed by atoms with Crippen LogP contribution in [0.25, 0.3) is 11.3 Å². The molecule has 1 aromatic carbocycles. The summed E-state index contributed by atoms with van der Waals surface area (Å²) < 4.78 is 1.38. The molecule has 0 spiro atoms. The SMILES string of the molecule is CCC(=O)n1ccc(-c2cc(C(C)(C)C)c(O)c(C(C)(C)C)c2)n1. The van der Waals surface area contributed by atoms with Crippen molar-refractivity contribution in [2.75, 3.05) is 0 Å². The molecule has 0 aliphatic rings. The van der Waals surface area contributed by atoms with Gasteiger partial charge in [0, 0.05) is 29.3 Å². The van der Waals surface area contributed by atoms with Crippen LogP contribution in [-0.4, -0.2) is 20.8 Å². The van der Waals surface area contributed by atoms with E-state index < -0.39 is 0 Å². The van der Waals surface area contributed by atoms with Crippen LogP contribution in [0, 0.1) is 0 Å². The number of aromatic nitrogens is 2. The summed E-state index contributed by atoms with van der Waals surface area (Å²) in [5.74, 6) is 0.315. The summed E-state index contributed by atoms with van der Waals surface area (Å²) in [6.45, 7) is 14.3. The van der Waals surface area contributed by atoms with Crippen LogP contribution in [0.15, 0.2) is 24.4 Å². The molecule has 0 unspecified atom stereocenters. The molecular weight excluding hydrogens is 300 g/mol. The average molecular weight is 328 g/mol. The Morgan fingerprint density at radius 2 is 1.58 bits per heavy atom. The highest BCUT2D eigenvalue weighted by Crippen LogP contribution is 2.41. The number of phenolic OH excluding ortho intramolecular Hbond substituents is 1. The molecule has 4 nitrogen and oxygen atoms in total. The fourth-order valence-corrected chi connectivity index (χ4v) is 2.70. The zero-order chi connectivity index (χ0) is 18.3. The maximum absolute atomic E-state index is 11.8. The van der Waals surface area contributed by atoms with Crippen molar-refractivity contribution >= 4 is 5.91 Å². The molecular formula is C20H28N2O2. The second-order valence-corrected chi connectivity index (χ2v) is 8.31. The monoisotopic (exact) mass is 328 g/mol. The lowest BCUT2D eigenvalue weighted by atomic mass is 9.78. The quantitative estimate of drug-likeness (QED) is 0.853. The van der Waals surface area contributed by atoms with Crippen LogP contribution in [-0.2, 0) is 10.8 Å². The van der Waals surface area contributed by atoms with Crippen LogP contribution in [0.3, 0.4) is 0 Å². The Bertz CT molecular complexity index is 724. The Kier molecular flexibility index (Phi) is 4.62. The van der Waals surface area contributed by atoms with E-state index in [2.05, 4.69) is 46.6 Å². The Balaban J connectivity index is 2.67. The minimum Gasteiger partial charge on any atom is -0.507 e. The first kappa shape index (κ1) is 18.2. The Morgan fingerprint density at radius 3 is 2.00 bits per heavy atom. The largest absolute Gasteiger partial charge is 0.507 e. The highest BCUT2D eigenvalue weighted by atomic mass is 16.3. The first-order valence-corrected chi connectivity index (χ1v) is 8.42. The van der Waals surface area contributed by atoms with E-state index >= 15 is 0 Å². The van der Waals surface area contributed by atoms with E-state index in [0.29, 0.717) is 12.2 Å². The molecule has 24 heavy (non-hydrogen) atoms. The van der Waals surface area contributed by atoms with Crippen LogP contribution in [0.2, 0.25) is 0 Å². The van der Waals surface area contributed by atoms with Gasteiger partial charge in [-0.05, 0) is 29.0 Å². The summed E-state index contributed by atoms with van der Waals surface area (Å²) in [6.07, 6.45) is 2.11. The summed E-state index contributed by atoms with van der Waals surface area (Å²) in [6, 6.07) is 5.81. The van der Waals surface area contributed by atoms with E-state index in [1.807, 2.05) is 25.1 Å². The van der Waals surface area contributed by atoms with Crippen molar-refractivity contribution in [2.45, 2.75) is 65.7 Å². The van der Waals surface area contributed by atoms with E-state index in [9.17, 15) is 9.90 Å². The summed E-state index contributed by atoms with van der Waals surface area (Å²) >= 11 is 0. The summed E-state index contributed by atoms with van der Waals surface area (Å²) in [5.41, 5.74) is 3.06. The molecule has 2 aromatic rings. The second-order valence-electron chi connectivity index (χ2n) is 8.31. The van der Waals surface area contributed by atoms with Crippen molar-refractivity contribution in [3.63, 3.8) is 0 Å². The molecule has 0 aliphatic heterocycles. The van der Waals surface area contributed by atoms with Gasteiger partial charge >= 0.3 is 0 Å². The normalized spacial score (nSPS) is 12.5. The lowest BCUT2D eigenvalue weighted by molar-refractivity contribution is 0.0893. The molecule has 1 aromatic heterocycles. The summed E-state index contributed by atoms with van der Waals surface area (Å²) in [4.78, 5) is 11.8. The molecule has 0 saturated heterocycles. The molecule has 2 rings (SSSR count). The van der Waals surface area contributed by atoms with Crippen LogP contribution < -0.4 is 0 Å². The molecule has 1 heterocycles. The van der Waals surface area contributed by atoms with Gasteiger partial charge < -0.3 is 5.11 Å². The molecule has 0 radical (unpaired) electrons. The number of rotatable bonds is 2. The van der Waals surface area contributed by atoms with Gasteiger partial charge in [-0.1, -0.05) is 48.5 Å². The van der Waals surface area contributed by atoms with Gasteiger partial charge in [-0.15, -0.1) is 0 Å². The molecule has 0 atom stereocenters. The number of nitrogens with zero attached hydrogens (tertiary/aromatic N) is 2. The van der Waals surface area contributed by atoms with E-state index in [-0.39, 0.29) is 16.7 Å². The van der Waals surface area contributed by atoms with Gasteiger partial charge in [0.2, 0.25) is 5.91 Å². The van der Waals surface area contributed by atoms with Crippen molar-refractivity contribution in [3.05, 3.63) is 35.5 Å². The highest BCUT2D eigenvalue weighted by molar-refractivity contribution is 5.78. The Morgan fingerprint density at radius 1 is 1.08 bits per heavy atom. The van der Waals surface area contributed by atoms with E-state index in [1.165, 1.54) is 4.68 Å². The Labute approximate surface area is 144 Å². The van der Waals surface area contributed by atoms with Gasteiger partial charge in [-0.2, -0.15) is 5.10 Å². The lowest BCUT2D eigenvalue weighted by Crippen LogP contribution is -2.17. The zero-order valence-corrected chi connectivity index (χ0v) is 15.8. The number of hydrogen-bond acceptors (Lipinski definition) is 3. The molecule has 0 amide bonds. The van der Waals surface area contributed by atoms with Gasteiger partial charge in [-0.3, -0.25) is 4.79 Å². The molecule has 130 valence electrons. The number of benzene rings is 1. The third kappa shape index (κ3) is 3.53. The smallest absolute Gasteiger partial charge is 0.246 e. The number of carbonyl (C=O) groups is 1. The number of phenols is 1. The zero-order valence-electron chi connectivity index (χ0n) is 15.8. The third-order valence-corrected chi connectivity index (χ3v) is 4.17. The maximum atomic E-state index is 11.8. The van der Waals surface area contributed by atoms with Gasteiger partial charge in [0.25, 0.3) is 0 Å². The first-order valence-electron chi connectivity index (χ1n) is 8.42. The number of aromatic hydroxyl groups is 1. The van der Waals surface area contributed by atoms with E-state index in [1.54, 1.807) is 6.20 Å². The summed E-state index contributed by atoms with van der Waals surface area (Å²) in [7, 11) is 0. The van der Waals surface area contributed by atoms with E-state index in [4.69, 9.17) is 0 Å². The second kappa shape index (κ2) is 6.08. The molecule has 0 aliphatic carbocycles. The van der Waals surface area contributed by atoms with Gasteiger partial charge in [0.1, 0.15) is 5.75 Å². The lowest BCUT2D eigenvalue weighted by Gasteiger charge is -2.28. The van der Waals surface area contributed by atoms with Crippen LogP contribution in [0.5, 0.6) is 5.75 Å². The molecule has 1 N–H and O–H groups in total. The number of hydrogen-bond donors (Lipinski definition) is 1. The van der Waals surface area contributed by atoms with Gasteiger partial charge in [0.15, 0.2) is 0 Å². The van der Waals surface area contributed by atoms with Crippen molar-refractivity contribution in [1.82, 2.24) is 9.78 Å². The minimum atomic E-state index is -0.193. The third-order valence-electron chi connectivity index (χ3n) is 4.17. The summed E-state index contributed by atoms with van der Waals surface area (Å²) in [5, 5.41) is 15.2. The fraction of sp³-hybridized carbons (Fsp3) is 0.500. The van der Waals surface area contributed by atoms with Gasteiger partial charge in [-0.25, -0.2) is 4.68 Å². The minimum absolute atomic E-state index is 0.0351. The molecule has 0 saturated carbocycles. The average Bonchev–Trinajstić information content (AvgIpc) is 2.94. The van der Waals surface area contributed by atoms with E-state index in [0.717, 1.165) is 22.4 Å². The predicted molar refractivity (Wildman–Crippen MR) is 97.6 cm³/mol.